The van der Waals surface area contributed by atoms with E-state index >= 15 is 0 Å². The summed E-state index contributed by atoms with van der Waals surface area (Å²) in [6, 6.07) is 13.5. The third-order valence-corrected chi connectivity index (χ3v) is 10.8. The van der Waals surface area contributed by atoms with Crippen LogP contribution in [0, 0.1) is 23.2 Å². The summed E-state index contributed by atoms with van der Waals surface area (Å²) < 4.78 is 0. The minimum Gasteiger partial charge on any atom is -0.508 e. The lowest BCUT2D eigenvalue weighted by atomic mass is 9.52. The van der Waals surface area contributed by atoms with Crippen molar-refractivity contribution < 1.29 is 15.0 Å². The van der Waals surface area contributed by atoms with Crippen molar-refractivity contribution in [2.24, 2.45) is 23.2 Å². The minimum absolute atomic E-state index is 0.0473. The maximum absolute atomic E-state index is 12.2. The molecule has 0 aromatic heterocycles. The highest BCUT2D eigenvalue weighted by Gasteiger charge is 2.56. The molecule has 3 aliphatic carbocycles. The topological polar surface area (TPSA) is 95.6 Å². The Hall–Kier alpha value is -2.53. The fourth-order valence-corrected chi connectivity index (χ4v) is 8.61. The van der Waals surface area contributed by atoms with Gasteiger partial charge in [-0.25, -0.2) is 0 Å². The lowest BCUT2D eigenvalue weighted by molar-refractivity contribution is -0.116. The Bertz CT molecular complexity index is 1150. The molecule has 2 aromatic carbocycles. The van der Waals surface area contributed by atoms with Gasteiger partial charge in [0.05, 0.1) is 17.5 Å². The van der Waals surface area contributed by atoms with Gasteiger partial charge in [0.25, 0.3) is 0 Å². The molecule has 0 spiro atoms. The maximum Gasteiger partial charge on any atom is 0.224 e. The zero-order valence-corrected chi connectivity index (χ0v) is 24.4. The first-order valence-electron chi connectivity index (χ1n) is 16.0. The molecule has 5 nitrogen and oxygen atoms in total. The van der Waals surface area contributed by atoms with Crippen LogP contribution in [0.3, 0.4) is 0 Å². The average Bonchev–Trinajstić information content (AvgIpc) is 3.24. The van der Waals surface area contributed by atoms with Crippen LogP contribution < -0.4 is 11.1 Å². The largest absolute Gasteiger partial charge is 0.508 e. The van der Waals surface area contributed by atoms with Crippen LogP contribution in [-0.2, 0) is 11.2 Å². The number of amides is 1. The van der Waals surface area contributed by atoms with Gasteiger partial charge >= 0.3 is 0 Å². The van der Waals surface area contributed by atoms with Crippen molar-refractivity contribution >= 4 is 17.3 Å². The molecular formula is C35H50N2O3. The fourth-order valence-electron chi connectivity index (χ4n) is 8.61. The number of nitrogen functional groups attached to an aromatic ring is 1. The van der Waals surface area contributed by atoms with Crippen molar-refractivity contribution in [3.8, 4) is 5.75 Å². The van der Waals surface area contributed by atoms with E-state index < -0.39 is 0 Å². The number of phenols is 1. The Morgan fingerprint density at radius 3 is 2.48 bits per heavy atom. The van der Waals surface area contributed by atoms with Gasteiger partial charge < -0.3 is 21.3 Å². The summed E-state index contributed by atoms with van der Waals surface area (Å²) >= 11 is 0. The third-order valence-electron chi connectivity index (χ3n) is 10.8. The predicted octanol–water partition coefficient (Wildman–Crippen LogP) is 7.96. The van der Waals surface area contributed by atoms with Gasteiger partial charge in [0.2, 0.25) is 5.91 Å². The van der Waals surface area contributed by atoms with Crippen LogP contribution in [0.25, 0.3) is 0 Å². The van der Waals surface area contributed by atoms with Crippen LogP contribution in [0.15, 0.2) is 42.5 Å². The van der Waals surface area contributed by atoms with Crippen molar-refractivity contribution in [3.05, 3.63) is 53.6 Å². The Morgan fingerprint density at radius 1 is 0.975 bits per heavy atom. The number of hydrogen-bond acceptors (Lipinski definition) is 4. The number of fused-ring (bicyclic) bond motifs is 5. The number of aromatic hydroxyl groups is 1. The summed E-state index contributed by atoms with van der Waals surface area (Å²) in [7, 11) is 0. The number of carbonyl (C=O) groups excluding carboxylic acids is 1. The molecule has 2 saturated carbocycles. The van der Waals surface area contributed by atoms with Gasteiger partial charge in [-0.1, -0.05) is 70.1 Å². The van der Waals surface area contributed by atoms with E-state index in [1.807, 2.05) is 30.3 Å². The molecule has 3 aliphatic rings. The smallest absolute Gasteiger partial charge is 0.224 e. The number of aliphatic hydroxyl groups excluding tert-OH is 1. The van der Waals surface area contributed by atoms with Gasteiger partial charge in [0, 0.05) is 6.42 Å². The van der Waals surface area contributed by atoms with Crippen molar-refractivity contribution in [1.82, 2.24) is 0 Å². The first kappa shape index (κ1) is 29.0. The third kappa shape index (κ3) is 6.35. The number of aliphatic hydroxyl groups is 1. The molecule has 0 unspecified atom stereocenters. The van der Waals surface area contributed by atoms with Crippen molar-refractivity contribution in [2.75, 3.05) is 11.1 Å². The molecule has 0 saturated heterocycles. The number of unbranched alkanes of at least 4 members (excludes halogenated alkanes) is 7. The Labute approximate surface area is 241 Å². The summed E-state index contributed by atoms with van der Waals surface area (Å²) in [6.07, 6.45) is 16.8. The van der Waals surface area contributed by atoms with Crippen LogP contribution in [0.1, 0.15) is 114 Å². The summed E-state index contributed by atoms with van der Waals surface area (Å²) in [5, 5.41) is 24.0. The number of benzene rings is 2. The number of para-hydroxylation sites is 2. The summed E-state index contributed by atoms with van der Waals surface area (Å²) in [4.78, 5) is 12.2. The van der Waals surface area contributed by atoms with Gasteiger partial charge in [-0.05, 0) is 109 Å². The van der Waals surface area contributed by atoms with Crippen LogP contribution >= 0.6 is 0 Å². The van der Waals surface area contributed by atoms with Crippen LogP contribution in [0.2, 0.25) is 0 Å². The molecule has 0 heterocycles. The second-order valence-electron chi connectivity index (χ2n) is 13.3. The normalized spacial score (nSPS) is 28.9. The summed E-state index contributed by atoms with van der Waals surface area (Å²) in [6.45, 7) is 2.36. The maximum atomic E-state index is 12.2. The Morgan fingerprint density at radius 2 is 1.70 bits per heavy atom. The van der Waals surface area contributed by atoms with Crippen molar-refractivity contribution in [3.63, 3.8) is 0 Å². The Kier molecular flexibility index (Phi) is 9.40. The molecule has 40 heavy (non-hydrogen) atoms. The first-order valence-corrected chi connectivity index (χ1v) is 16.0. The molecule has 5 heteroatoms. The van der Waals surface area contributed by atoms with Crippen LogP contribution in [-0.4, -0.2) is 22.2 Å². The summed E-state index contributed by atoms with van der Waals surface area (Å²) in [5.74, 6) is 2.99. The number of anilines is 2. The molecule has 6 atom stereocenters. The fraction of sp³-hybridized carbons (Fsp3) is 0.629. The van der Waals surface area contributed by atoms with Gasteiger partial charge in [-0.3, -0.25) is 4.79 Å². The van der Waals surface area contributed by atoms with E-state index in [0.717, 1.165) is 32.1 Å². The van der Waals surface area contributed by atoms with Gasteiger partial charge in [0.1, 0.15) is 5.75 Å². The van der Waals surface area contributed by atoms with E-state index in [4.69, 9.17) is 5.73 Å². The van der Waals surface area contributed by atoms with E-state index in [2.05, 4.69) is 18.3 Å². The van der Waals surface area contributed by atoms with Gasteiger partial charge in [0.15, 0.2) is 0 Å². The lowest BCUT2D eigenvalue weighted by Crippen LogP contribution is -2.47. The highest BCUT2D eigenvalue weighted by Crippen LogP contribution is 2.62. The van der Waals surface area contributed by atoms with E-state index in [-0.39, 0.29) is 17.4 Å². The first-order chi connectivity index (χ1) is 19.4. The quantitative estimate of drug-likeness (QED) is 0.160. The molecule has 218 valence electrons. The van der Waals surface area contributed by atoms with E-state index in [9.17, 15) is 15.0 Å². The SMILES string of the molecule is C[C@]12CC[C@@H]3c4ccc(O)cc4C[C@@H](CCCCCCCCCCC(=O)Nc4ccccc4N)[C@H]3[C@@H]1CC[C@@H]2O. The van der Waals surface area contributed by atoms with Crippen LogP contribution in [0.4, 0.5) is 11.4 Å². The highest BCUT2D eigenvalue weighted by atomic mass is 16.3. The number of nitrogens with two attached hydrogens (primary N) is 1. The monoisotopic (exact) mass is 546 g/mol. The molecule has 0 aliphatic heterocycles. The number of carbonyl (C=O) groups is 1. The van der Waals surface area contributed by atoms with E-state index in [1.54, 1.807) is 6.07 Å². The highest BCUT2D eigenvalue weighted by molar-refractivity contribution is 5.93. The van der Waals surface area contributed by atoms with E-state index in [1.165, 1.54) is 68.9 Å². The van der Waals surface area contributed by atoms with Crippen molar-refractivity contribution in [1.29, 1.82) is 0 Å². The number of rotatable bonds is 12. The average molecular weight is 547 g/mol. The molecule has 0 radical (unpaired) electrons. The van der Waals surface area contributed by atoms with Gasteiger partial charge in [-0.2, -0.15) is 0 Å². The molecule has 5 rings (SSSR count). The van der Waals surface area contributed by atoms with Crippen LogP contribution in [0.5, 0.6) is 5.75 Å². The molecule has 5 N–H and O–H groups in total. The number of hydrogen-bond donors (Lipinski definition) is 4. The van der Waals surface area contributed by atoms with Crippen molar-refractivity contribution in [2.45, 2.75) is 115 Å². The zero-order chi connectivity index (χ0) is 28.1. The molecule has 0 bridgehead atoms. The predicted molar refractivity (Wildman–Crippen MR) is 163 cm³/mol. The zero-order valence-electron chi connectivity index (χ0n) is 24.4. The second-order valence-corrected chi connectivity index (χ2v) is 13.3. The number of nitrogens with one attached hydrogen (secondary N) is 1. The molecule has 1 amide bonds. The second kappa shape index (κ2) is 13.0. The standard InChI is InChI=1S/C35H50N2O3/c1-35-21-20-28-27-17-16-26(38)23-25(27)22-24(34(28)29(35)18-19-32(35)39)12-8-6-4-2-3-5-7-9-15-33(40)37-31-14-11-10-13-30(31)36/h10-11,13-14,16-17,23-24,28-29,32,34,38-39H,2-9,12,15,18-22,36H2,1H3,(H,37,40)/t24-,28-,29+,32+,34-,35+/m1/s1. The molecular weight excluding hydrogens is 496 g/mol. The minimum atomic E-state index is -0.141. The number of phenolic OH excluding ortho intramolecular Hbond substituents is 1. The molecule has 2 fully saturated rings. The lowest BCUT2D eigenvalue weighted by Gasteiger charge is -2.53. The Balaban J connectivity index is 1.02. The summed E-state index contributed by atoms with van der Waals surface area (Å²) in [5.41, 5.74) is 10.2. The molecule has 2 aromatic rings. The van der Waals surface area contributed by atoms with Gasteiger partial charge in [-0.15, -0.1) is 0 Å². The van der Waals surface area contributed by atoms with E-state index in [0.29, 0.717) is 47.2 Å².